The zero-order valence-corrected chi connectivity index (χ0v) is 16.6. The zero-order valence-electron chi connectivity index (χ0n) is 15.0. The highest BCUT2D eigenvalue weighted by Crippen LogP contribution is 2.22. The molecule has 1 aliphatic carbocycles. The van der Waals surface area contributed by atoms with Crippen LogP contribution in [0.1, 0.15) is 24.8 Å². The van der Waals surface area contributed by atoms with Crippen LogP contribution in [0, 0.1) is 0 Å². The number of rotatable bonds is 8. The van der Waals surface area contributed by atoms with Crippen molar-refractivity contribution in [2.75, 3.05) is 5.32 Å². The molecule has 0 spiro atoms. The van der Waals surface area contributed by atoms with Crippen molar-refractivity contribution in [1.82, 2.24) is 4.72 Å². The Morgan fingerprint density at radius 2 is 1.50 bits per heavy atom. The molecule has 1 amide bonds. The standard InChI is InChI=1S/C18H21N3O5S2/c19-27(23,24)16-10-6-14(7-11-16)20-18(22)12-3-13-1-8-17(9-2-13)28(25,26)21-15-4-5-15/h1-2,6-11,15,21H,3-5,12H2,(H,20,22)(H2,19,23,24). The molecule has 0 unspecified atom stereocenters. The Morgan fingerprint density at radius 1 is 0.929 bits per heavy atom. The number of nitrogens with one attached hydrogen (secondary N) is 2. The first kappa shape index (κ1) is 20.5. The van der Waals surface area contributed by atoms with Gasteiger partial charge in [0, 0.05) is 18.2 Å². The van der Waals surface area contributed by atoms with Crippen molar-refractivity contribution in [2.45, 2.75) is 41.5 Å². The van der Waals surface area contributed by atoms with Crippen LogP contribution in [0.4, 0.5) is 5.69 Å². The molecule has 0 aromatic heterocycles. The van der Waals surface area contributed by atoms with Crippen LogP contribution in [0.5, 0.6) is 0 Å². The third-order valence-corrected chi connectivity index (χ3v) is 6.71. The van der Waals surface area contributed by atoms with E-state index in [1.54, 1.807) is 12.1 Å². The van der Waals surface area contributed by atoms with E-state index in [1.165, 1.54) is 36.4 Å². The highest BCUT2D eigenvalue weighted by Gasteiger charge is 2.27. The van der Waals surface area contributed by atoms with Gasteiger partial charge in [-0.25, -0.2) is 26.7 Å². The molecular formula is C18H21N3O5S2. The van der Waals surface area contributed by atoms with Gasteiger partial charge in [-0.2, -0.15) is 0 Å². The van der Waals surface area contributed by atoms with Crippen molar-refractivity contribution in [3.05, 3.63) is 54.1 Å². The summed E-state index contributed by atoms with van der Waals surface area (Å²) in [6, 6.07) is 12.1. The Bertz CT molecular complexity index is 1060. The van der Waals surface area contributed by atoms with Crippen molar-refractivity contribution in [2.24, 2.45) is 5.14 Å². The summed E-state index contributed by atoms with van der Waals surface area (Å²) >= 11 is 0. The third-order valence-electron chi connectivity index (χ3n) is 4.24. The number of sulfonamides is 2. The first-order chi connectivity index (χ1) is 13.1. The summed E-state index contributed by atoms with van der Waals surface area (Å²) < 4.78 is 49.3. The first-order valence-corrected chi connectivity index (χ1v) is 11.7. The number of hydrogen-bond donors (Lipinski definition) is 3. The molecular weight excluding hydrogens is 402 g/mol. The molecule has 3 rings (SSSR count). The van der Waals surface area contributed by atoms with E-state index in [0.717, 1.165) is 18.4 Å². The predicted molar refractivity (Wildman–Crippen MR) is 105 cm³/mol. The van der Waals surface area contributed by atoms with Gasteiger partial charge in [-0.15, -0.1) is 0 Å². The van der Waals surface area contributed by atoms with Crippen LogP contribution >= 0.6 is 0 Å². The van der Waals surface area contributed by atoms with Crippen LogP contribution in [0.15, 0.2) is 58.3 Å². The fourth-order valence-electron chi connectivity index (χ4n) is 2.53. The monoisotopic (exact) mass is 423 g/mol. The molecule has 0 bridgehead atoms. The fourth-order valence-corrected chi connectivity index (χ4v) is 4.35. The number of primary sulfonamides is 1. The maximum atomic E-state index is 12.1. The lowest BCUT2D eigenvalue weighted by Crippen LogP contribution is -2.25. The Hall–Kier alpha value is -2.27. The van der Waals surface area contributed by atoms with Crippen molar-refractivity contribution in [3.63, 3.8) is 0 Å². The molecule has 28 heavy (non-hydrogen) atoms. The summed E-state index contributed by atoms with van der Waals surface area (Å²) in [5.41, 5.74) is 1.30. The summed E-state index contributed by atoms with van der Waals surface area (Å²) in [4.78, 5) is 12.2. The third kappa shape index (κ3) is 5.61. The number of aryl methyl sites for hydroxylation is 1. The largest absolute Gasteiger partial charge is 0.326 e. The van der Waals surface area contributed by atoms with Gasteiger partial charge in [0.15, 0.2) is 0 Å². The normalized spacial score (nSPS) is 14.6. The molecule has 0 saturated heterocycles. The molecule has 0 atom stereocenters. The van der Waals surface area contributed by atoms with Gasteiger partial charge in [0.05, 0.1) is 9.79 Å². The number of anilines is 1. The molecule has 0 heterocycles. The van der Waals surface area contributed by atoms with E-state index in [0.29, 0.717) is 12.1 Å². The molecule has 1 saturated carbocycles. The maximum absolute atomic E-state index is 12.1. The Balaban J connectivity index is 1.53. The van der Waals surface area contributed by atoms with E-state index in [9.17, 15) is 21.6 Å². The van der Waals surface area contributed by atoms with Gasteiger partial charge in [0.1, 0.15) is 0 Å². The Morgan fingerprint density at radius 3 is 2.04 bits per heavy atom. The summed E-state index contributed by atoms with van der Waals surface area (Å²) in [5.74, 6) is -0.240. The SMILES string of the molecule is NS(=O)(=O)c1ccc(NC(=O)CCc2ccc(S(=O)(=O)NC3CC3)cc2)cc1. The minimum atomic E-state index is -3.77. The molecule has 8 nitrogen and oxygen atoms in total. The molecule has 1 aliphatic rings. The summed E-state index contributed by atoms with van der Waals surface area (Å²) in [6.07, 6.45) is 2.38. The maximum Gasteiger partial charge on any atom is 0.240 e. The highest BCUT2D eigenvalue weighted by atomic mass is 32.2. The van der Waals surface area contributed by atoms with Gasteiger partial charge in [0.25, 0.3) is 0 Å². The average molecular weight is 424 g/mol. The highest BCUT2D eigenvalue weighted by molar-refractivity contribution is 7.89. The second kappa shape index (κ2) is 8.00. The topological polar surface area (TPSA) is 135 Å². The van der Waals surface area contributed by atoms with Crippen LogP contribution in [-0.2, 0) is 31.3 Å². The summed E-state index contributed by atoms with van der Waals surface area (Å²) in [6.45, 7) is 0. The number of carbonyl (C=O) groups is 1. The second-order valence-electron chi connectivity index (χ2n) is 6.66. The molecule has 2 aromatic carbocycles. The van der Waals surface area contributed by atoms with Crippen LogP contribution < -0.4 is 15.2 Å². The lowest BCUT2D eigenvalue weighted by molar-refractivity contribution is -0.116. The van der Waals surface area contributed by atoms with E-state index >= 15 is 0 Å². The van der Waals surface area contributed by atoms with E-state index < -0.39 is 20.0 Å². The van der Waals surface area contributed by atoms with Crippen LogP contribution in [-0.4, -0.2) is 28.8 Å². The lowest BCUT2D eigenvalue weighted by Gasteiger charge is -2.08. The molecule has 2 aromatic rings. The number of amides is 1. The quantitative estimate of drug-likeness (QED) is 0.589. The number of hydrogen-bond acceptors (Lipinski definition) is 5. The molecule has 10 heteroatoms. The minimum absolute atomic E-state index is 0.0308. The van der Waals surface area contributed by atoms with Crippen LogP contribution in [0.2, 0.25) is 0 Å². The zero-order chi connectivity index (χ0) is 20.4. The van der Waals surface area contributed by atoms with E-state index in [-0.39, 0.29) is 28.2 Å². The molecule has 150 valence electrons. The minimum Gasteiger partial charge on any atom is -0.326 e. The van der Waals surface area contributed by atoms with E-state index in [2.05, 4.69) is 10.0 Å². The van der Waals surface area contributed by atoms with Gasteiger partial charge in [-0.3, -0.25) is 4.79 Å². The molecule has 0 radical (unpaired) electrons. The summed E-state index contributed by atoms with van der Waals surface area (Å²) in [5, 5.41) is 7.70. The van der Waals surface area contributed by atoms with E-state index in [4.69, 9.17) is 5.14 Å². The van der Waals surface area contributed by atoms with Crippen LogP contribution in [0.25, 0.3) is 0 Å². The number of carbonyl (C=O) groups excluding carboxylic acids is 1. The Kier molecular flexibility index (Phi) is 5.84. The molecule has 0 aliphatic heterocycles. The van der Waals surface area contributed by atoms with Crippen molar-refractivity contribution in [1.29, 1.82) is 0 Å². The first-order valence-electron chi connectivity index (χ1n) is 8.67. The van der Waals surface area contributed by atoms with Gasteiger partial charge in [-0.05, 0) is 61.2 Å². The van der Waals surface area contributed by atoms with Gasteiger partial charge >= 0.3 is 0 Å². The predicted octanol–water partition coefficient (Wildman–Crippen LogP) is 1.35. The second-order valence-corrected chi connectivity index (χ2v) is 9.93. The number of nitrogens with two attached hydrogens (primary N) is 1. The van der Waals surface area contributed by atoms with Crippen molar-refractivity contribution < 1.29 is 21.6 Å². The van der Waals surface area contributed by atoms with Crippen molar-refractivity contribution >= 4 is 31.6 Å². The van der Waals surface area contributed by atoms with Crippen molar-refractivity contribution in [3.8, 4) is 0 Å². The fraction of sp³-hybridized carbons (Fsp3) is 0.278. The molecule has 4 N–H and O–H groups in total. The summed E-state index contributed by atoms with van der Waals surface area (Å²) in [7, 11) is -7.25. The van der Waals surface area contributed by atoms with Gasteiger partial charge in [0.2, 0.25) is 26.0 Å². The Labute approximate surface area is 164 Å². The number of benzene rings is 2. The molecule has 1 fully saturated rings. The van der Waals surface area contributed by atoms with Crippen LogP contribution in [0.3, 0.4) is 0 Å². The smallest absolute Gasteiger partial charge is 0.240 e. The van der Waals surface area contributed by atoms with Gasteiger partial charge in [-0.1, -0.05) is 12.1 Å². The average Bonchev–Trinajstić information content (AvgIpc) is 3.43. The van der Waals surface area contributed by atoms with Gasteiger partial charge < -0.3 is 5.32 Å². The van der Waals surface area contributed by atoms with E-state index in [1.807, 2.05) is 0 Å². The lowest BCUT2D eigenvalue weighted by atomic mass is 10.1.